The van der Waals surface area contributed by atoms with E-state index in [2.05, 4.69) is 42.2 Å². The van der Waals surface area contributed by atoms with E-state index in [1.165, 1.54) is 11.1 Å². The first kappa shape index (κ1) is 16.8. The lowest BCUT2D eigenvalue weighted by molar-refractivity contribution is -0.131. The molecule has 1 aliphatic heterocycles. The molecular formula is C20H23ClN2O. The van der Waals surface area contributed by atoms with E-state index in [1.807, 2.05) is 23.1 Å². The van der Waals surface area contributed by atoms with E-state index in [-0.39, 0.29) is 5.91 Å². The molecular weight excluding hydrogens is 320 g/mol. The van der Waals surface area contributed by atoms with E-state index in [1.54, 1.807) is 0 Å². The van der Waals surface area contributed by atoms with Gasteiger partial charge in [0.15, 0.2) is 0 Å². The number of carbonyl (C=O) groups is 1. The van der Waals surface area contributed by atoms with Gasteiger partial charge in [0.1, 0.15) is 0 Å². The van der Waals surface area contributed by atoms with Crippen molar-refractivity contribution >= 4 is 23.2 Å². The number of hydrogen-bond donors (Lipinski definition) is 0. The highest BCUT2D eigenvalue weighted by molar-refractivity contribution is 6.30. The van der Waals surface area contributed by atoms with Crippen LogP contribution in [-0.4, -0.2) is 37.0 Å². The van der Waals surface area contributed by atoms with Gasteiger partial charge in [-0.15, -0.1) is 0 Å². The lowest BCUT2D eigenvalue weighted by Crippen LogP contribution is -2.48. The van der Waals surface area contributed by atoms with Crippen LogP contribution >= 0.6 is 11.6 Å². The van der Waals surface area contributed by atoms with Crippen LogP contribution in [0.3, 0.4) is 0 Å². The standard InChI is InChI=1S/C20H23ClN2O/c1-16-4-2-5-17(14-16)8-9-20(24)23-12-10-22(11-13-23)19-7-3-6-18(21)15-19/h2-7,14-15H,8-13H2,1H3. The van der Waals surface area contributed by atoms with Crippen molar-refractivity contribution in [3.05, 3.63) is 64.7 Å². The van der Waals surface area contributed by atoms with Crippen LogP contribution in [0, 0.1) is 6.92 Å². The minimum atomic E-state index is 0.252. The van der Waals surface area contributed by atoms with Gasteiger partial charge in [-0.1, -0.05) is 47.5 Å². The lowest BCUT2D eigenvalue weighted by Gasteiger charge is -2.36. The molecule has 0 spiro atoms. The number of rotatable bonds is 4. The number of benzene rings is 2. The molecule has 24 heavy (non-hydrogen) atoms. The molecule has 3 rings (SSSR count). The number of anilines is 1. The summed E-state index contributed by atoms with van der Waals surface area (Å²) in [5.41, 5.74) is 3.62. The molecule has 0 atom stereocenters. The topological polar surface area (TPSA) is 23.6 Å². The number of hydrogen-bond acceptors (Lipinski definition) is 2. The summed E-state index contributed by atoms with van der Waals surface area (Å²) in [6.45, 7) is 5.35. The first-order chi connectivity index (χ1) is 11.6. The minimum Gasteiger partial charge on any atom is -0.368 e. The van der Waals surface area contributed by atoms with Gasteiger partial charge in [-0.2, -0.15) is 0 Å². The summed E-state index contributed by atoms with van der Waals surface area (Å²) in [5, 5.41) is 0.754. The molecule has 1 saturated heterocycles. The van der Waals surface area contributed by atoms with E-state index in [0.29, 0.717) is 6.42 Å². The van der Waals surface area contributed by atoms with Gasteiger partial charge in [0, 0.05) is 43.3 Å². The summed E-state index contributed by atoms with van der Waals surface area (Å²) < 4.78 is 0. The van der Waals surface area contributed by atoms with Crippen LogP contribution in [0.15, 0.2) is 48.5 Å². The van der Waals surface area contributed by atoms with Gasteiger partial charge in [-0.25, -0.2) is 0 Å². The third-order valence-electron chi connectivity index (χ3n) is 4.52. The summed E-state index contributed by atoms with van der Waals surface area (Å²) in [5.74, 6) is 0.252. The van der Waals surface area contributed by atoms with Gasteiger partial charge < -0.3 is 9.80 Å². The van der Waals surface area contributed by atoms with Crippen molar-refractivity contribution in [2.75, 3.05) is 31.1 Å². The molecule has 1 aliphatic rings. The van der Waals surface area contributed by atoms with Crippen LogP contribution in [0.2, 0.25) is 5.02 Å². The molecule has 3 nitrogen and oxygen atoms in total. The van der Waals surface area contributed by atoms with Gasteiger partial charge >= 0.3 is 0 Å². The van der Waals surface area contributed by atoms with E-state index >= 15 is 0 Å². The summed E-state index contributed by atoms with van der Waals surface area (Å²) in [6, 6.07) is 16.3. The Morgan fingerprint density at radius 3 is 2.50 bits per heavy atom. The van der Waals surface area contributed by atoms with E-state index in [4.69, 9.17) is 11.6 Å². The molecule has 1 amide bonds. The number of piperazine rings is 1. The highest BCUT2D eigenvalue weighted by Crippen LogP contribution is 2.21. The van der Waals surface area contributed by atoms with Crippen molar-refractivity contribution in [3.8, 4) is 0 Å². The van der Waals surface area contributed by atoms with Crippen molar-refractivity contribution in [1.29, 1.82) is 0 Å². The zero-order valence-corrected chi connectivity index (χ0v) is 14.8. The molecule has 0 unspecified atom stereocenters. The van der Waals surface area contributed by atoms with Crippen molar-refractivity contribution in [2.24, 2.45) is 0 Å². The first-order valence-corrected chi connectivity index (χ1v) is 8.83. The molecule has 1 fully saturated rings. The maximum Gasteiger partial charge on any atom is 0.223 e. The van der Waals surface area contributed by atoms with Gasteiger partial charge in [0.05, 0.1) is 0 Å². The second kappa shape index (κ2) is 7.71. The van der Waals surface area contributed by atoms with Gasteiger partial charge in [-0.3, -0.25) is 4.79 Å². The third kappa shape index (κ3) is 4.30. The largest absolute Gasteiger partial charge is 0.368 e. The number of halogens is 1. The van der Waals surface area contributed by atoms with E-state index < -0.39 is 0 Å². The fourth-order valence-electron chi connectivity index (χ4n) is 3.16. The van der Waals surface area contributed by atoms with Gasteiger partial charge in [-0.05, 0) is 37.1 Å². The fraction of sp³-hybridized carbons (Fsp3) is 0.350. The summed E-state index contributed by atoms with van der Waals surface area (Å²) >= 11 is 6.06. The zero-order valence-electron chi connectivity index (χ0n) is 14.0. The maximum absolute atomic E-state index is 12.4. The second-order valence-electron chi connectivity index (χ2n) is 6.34. The van der Waals surface area contributed by atoms with Crippen molar-refractivity contribution in [2.45, 2.75) is 19.8 Å². The van der Waals surface area contributed by atoms with Crippen LogP contribution < -0.4 is 4.90 Å². The number of carbonyl (C=O) groups excluding carboxylic acids is 1. The van der Waals surface area contributed by atoms with Crippen LogP contribution in [0.4, 0.5) is 5.69 Å². The highest BCUT2D eigenvalue weighted by Gasteiger charge is 2.21. The van der Waals surface area contributed by atoms with Gasteiger partial charge in [0.25, 0.3) is 0 Å². The highest BCUT2D eigenvalue weighted by atomic mass is 35.5. The molecule has 0 saturated carbocycles. The van der Waals surface area contributed by atoms with Gasteiger partial charge in [0.2, 0.25) is 5.91 Å². The molecule has 1 heterocycles. The Labute approximate surface area is 148 Å². The Hall–Kier alpha value is -2.00. The lowest BCUT2D eigenvalue weighted by atomic mass is 10.1. The quantitative estimate of drug-likeness (QED) is 0.840. The molecule has 0 N–H and O–H groups in total. The van der Waals surface area contributed by atoms with Crippen molar-refractivity contribution in [1.82, 2.24) is 4.90 Å². The Morgan fingerprint density at radius 1 is 1.04 bits per heavy atom. The number of aryl methyl sites for hydroxylation is 2. The number of nitrogens with zero attached hydrogens (tertiary/aromatic N) is 2. The second-order valence-corrected chi connectivity index (χ2v) is 6.77. The molecule has 2 aromatic rings. The molecule has 4 heteroatoms. The van der Waals surface area contributed by atoms with Crippen molar-refractivity contribution in [3.63, 3.8) is 0 Å². The minimum absolute atomic E-state index is 0.252. The van der Waals surface area contributed by atoms with Crippen LogP contribution in [0.5, 0.6) is 0 Å². The molecule has 0 bridgehead atoms. The Morgan fingerprint density at radius 2 is 1.79 bits per heavy atom. The molecule has 0 aromatic heterocycles. The Kier molecular flexibility index (Phi) is 5.41. The maximum atomic E-state index is 12.4. The molecule has 126 valence electrons. The zero-order chi connectivity index (χ0) is 16.9. The predicted octanol–water partition coefficient (Wildman–Crippen LogP) is 3.93. The van der Waals surface area contributed by atoms with Crippen molar-refractivity contribution < 1.29 is 4.79 Å². The average Bonchev–Trinajstić information content (AvgIpc) is 2.60. The smallest absolute Gasteiger partial charge is 0.223 e. The Bertz CT molecular complexity index is 708. The third-order valence-corrected chi connectivity index (χ3v) is 4.75. The van der Waals surface area contributed by atoms with Crippen LogP contribution in [0.25, 0.3) is 0 Å². The molecule has 0 radical (unpaired) electrons. The van der Waals surface area contributed by atoms with Crippen LogP contribution in [0.1, 0.15) is 17.5 Å². The summed E-state index contributed by atoms with van der Waals surface area (Å²) in [4.78, 5) is 16.7. The number of amides is 1. The van der Waals surface area contributed by atoms with E-state index in [0.717, 1.165) is 43.3 Å². The predicted molar refractivity (Wildman–Crippen MR) is 99.7 cm³/mol. The summed E-state index contributed by atoms with van der Waals surface area (Å²) in [6.07, 6.45) is 1.40. The van der Waals surface area contributed by atoms with E-state index in [9.17, 15) is 4.79 Å². The van der Waals surface area contributed by atoms with Crippen LogP contribution in [-0.2, 0) is 11.2 Å². The summed E-state index contributed by atoms with van der Waals surface area (Å²) in [7, 11) is 0. The molecule has 2 aromatic carbocycles. The Balaban J connectivity index is 1.50. The average molecular weight is 343 g/mol. The normalized spacial score (nSPS) is 14.8. The SMILES string of the molecule is Cc1cccc(CCC(=O)N2CCN(c3cccc(Cl)c3)CC2)c1. The monoisotopic (exact) mass is 342 g/mol. The molecule has 0 aliphatic carbocycles. The fourth-order valence-corrected chi connectivity index (χ4v) is 3.35. The first-order valence-electron chi connectivity index (χ1n) is 8.46.